The van der Waals surface area contributed by atoms with E-state index in [2.05, 4.69) is 16.4 Å². The normalized spacial score (nSPS) is 22.1. The molecular weight excluding hydrogens is 254 g/mol. The fourth-order valence-electron chi connectivity index (χ4n) is 2.68. The lowest BCUT2D eigenvalue weighted by atomic mass is 9.89. The van der Waals surface area contributed by atoms with E-state index in [1.165, 1.54) is 0 Å². The van der Waals surface area contributed by atoms with Crippen molar-refractivity contribution in [1.29, 1.82) is 0 Å². The number of benzene rings is 1. The number of carbonyl (C=O) groups excluding carboxylic acids is 1. The Labute approximate surface area is 117 Å². The summed E-state index contributed by atoms with van der Waals surface area (Å²) in [7, 11) is 0. The third kappa shape index (κ3) is 2.19. The minimum atomic E-state index is -0.190. The summed E-state index contributed by atoms with van der Waals surface area (Å²) in [6.45, 7) is 2.24. The van der Waals surface area contributed by atoms with Crippen molar-refractivity contribution < 1.29 is 9.53 Å². The molecular formula is C15H17N3O2. The Bertz CT molecular complexity index is 647. The molecule has 0 aliphatic heterocycles. The summed E-state index contributed by atoms with van der Waals surface area (Å²) in [6, 6.07) is 7.66. The SMILES string of the molecule is CCOC(=O)C1CCC=CC1n1nnc2ccccc21. The molecule has 0 N–H and O–H groups in total. The van der Waals surface area contributed by atoms with Gasteiger partial charge in [0.15, 0.2) is 0 Å². The van der Waals surface area contributed by atoms with Gasteiger partial charge in [-0.05, 0) is 31.9 Å². The van der Waals surface area contributed by atoms with Crippen LogP contribution in [0.25, 0.3) is 11.0 Å². The van der Waals surface area contributed by atoms with Gasteiger partial charge < -0.3 is 4.74 Å². The molecule has 1 aromatic heterocycles. The third-order valence-electron chi connectivity index (χ3n) is 3.64. The molecule has 2 unspecified atom stereocenters. The van der Waals surface area contributed by atoms with Gasteiger partial charge in [-0.25, -0.2) is 4.68 Å². The van der Waals surface area contributed by atoms with Crippen LogP contribution in [0.1, 0.15) is 25.8 Å². The Hall–Kier alpha value is -2.17. The first-order valence-electron chi connectivity index (χ1n) is 6.94. The zero-order valence-corrected chi connectivity index (χ0v) is 11.4. The molecule has 3 rings (SSSR count). The molecule has 0 saturated heterocycles. The third-order valence-corrected chi connectivity index (χ3v) is 3.64. The minimum Gasteiger partial charge on any atom is -0.466 e. The van der Waals surface area contributed by atoms with Gasteiger partial charge in [-0.15, -0.1) is 5.10 Å². The molecule has 0 amide bonds. The summed E-state index contributed by atoms with van der Waals surface area (Å²) in [5.41, 5.74) is 1.78. The van der Waals surface area contributed by atoms with Crippen LogP contribution in [0.3, 0.4) is 0 Å². The van der Waals surface area contributed by atoms with E-state index in [1.54, 1.807) is 0 Å². The van der Waals surface area contributed by atoms with Crippen molar-refractivity contribution in [3.05, 3.63) is 36.4 Å². The fourth-order valence-corrected chi connectivity index (χ4v) is 2.68. The molecule has 20 heavy (non-hydrogen) atoms. The van der Waals surface area contributed by atoms with E-state index in [0.717, 1.165) is 23.9 Å². The number of allylic oxidation sites excluding steroid dienone is 2. The molecule has 0 spiro atoms. The number of fused-ring (bicyclic) bond motifs is 1. The molecule has 0 radical (unpaired) electrons. The van der Waals surface area contributed by atoms with Gasteiger partial charge in [0.05, 0.1) is 24.1 Å². The molecule has 104 valence electrons. The summed E-state index contributed by atoms with van der Waals surface area (Å²) < 4.78 is 7.01. The van der Waals surface area contributed by atoms with E-state index in [9.17, 15) is 4.79 Å². The number of esters is 1. The van der Waals surface area contributed by atoms with Gasteiger partial charge in [-0.2, -0.15) is 0 Å². The second-order valence-electron chi connectivity index (χ2n) is 4.88. The van der Waals surface area contributed by atoms with Gasteiger partial charge in [-0.1, -0.05) is 29.5 Å². The van der Waals surface area contributed by atoms with Gasteiger partial charge in [0.1, 0.15) is 5.52 Å². The quantitative estimate of drug-likeness (QED) is 0.635. The number of hydrogen-bond donors (Lipinski definition) is 0. The van der Waals surface area contributed by atoms with Crippen LogP contribution < -0.4 is 0 Å². The first-order chi connectivity index (χ1) is 9.81. The lowest BCUT2D eigenvalue weighted by Gasteiger charge is -2.26. The molecule has 1 aliphatic rings. The maximum Gasteiger partial charge on any atom is 0.311 e. The number of rotatable bonds is 3. The predicted molar refractivity (Wildman–Crippen MR) is 75.1 cm³/mol. The number of nitrogens with zero attached hydrogens (tertiary/aromatic N) is 3. The Morgan fingerprint density at radius 2 is 2.30 bits per heavy atom. The molecule has 5 nitrogen and oxygen atoms in total. The van der Waals surface area contributed by atoms with Crippen molar-refractivity contribution in [3.8, 4) is 0 Å². The first-order valence-corrected chi connectivity index (χ1v) is 6.94. The molecule has 1 heterocycles. The maximum absolute atomic E-state index is 12.1. The van der Waals surface area contributed by atoms with E-state index in [0.29, 0.717) is 6.61 Å². The Kier molecular flexibility index (Phi) is 3.50. The second-order valence-corrected chi connectivity index (χ2v) is 4.88. The summed E-state index contributed by atoms with van der Waals surface area (Å²) in [5.74, 6) is -0.341. The average molecular weight is 271 g/mol. The zero-order valence-electron chi connectivity index (χ0n) is 11.4. The highest BCUT2D eigenvalue weighted by atomic mass is 16.5. The highest BCUT2D eigenvalue weighted by Crippen LogP contribution is 2.31. The Balaban J connectivity index is 1.99. The number of aromatic nitrogens is 3. The van der Waals surface area contributed by atoms with Crippen molar-refractivity contribution in [2.75, 3.05) is 6.61 Å². The molecule has 0 bridgehead atoms. The summed E-state index contributed by atoms with van der Waals surface area (Å²) in [5, 5.41) is 8.38. The van der Waals surface area contributed by atoms with Crippen LogP contribution in [0, 0.1) is 5.92 Å². The molecule has 1 aromatic carbocycles. The number of hydrogen-bond acceptors (Lipinski definition) is 4. The van der Waals surface area contributed by atoms with E-state index in [-0.39, 0.29) is 17.9 Å². The van der Waals surface area contributed by atoms with Gasteiger partial charge in [0.2, 0.25) is 0 Å². The molecule has 1 aliphatic carbocycles. The molecule has 5 heteroatoms. The standard InChI is InChI=1S/C15H17N3O2/c1-2-20-15(19)11-7-3-5-9-13(11)18-14-10-6-4-8-12(14)16-17-18/h4-6,8-11,13H,2-3,7H2,1H3. The Morgan fingerprint density at radius 3 is 3.15 bits per heavy atom. The highest BCUT2D eigenvalue weighted by molar-refractivity contribution is 5.76. The summed E-state index contributed by atoms with van der Waals surface area (Å²) in [6.07, 6.45) is 5.81. The van der Waals surface area contributed by atoms with E-state index >= 15 is 0 Å². The van der Waals surface area contributed by atoms with Crippen LogP contribution in [0.5, 0.6) is 0 Å². The van der Waals surface area contributed by atoms with Gasteiger partial charge in [0.25, 0.3) is 0 Å². The van der Waals surface area contributed by atoms with Gasteiger partial charge >= 0.3 is 5.97 Å². The van der Waals surface area contributed by atoms with E-state index < -0.39 is 0 Å². The van der Waals surface area contributed by atoms with Crippen LogP contribution >= 0.6 is 0 Å². The fraction of sp³-hybridized carbons (Fsp3) is 0.400. The van der Waals surface area contributed by atoms with Crippen molar-refractivity contribution >= 4 is 17.0 Å². The lowest BCUT2D eigenvalue weighted by molar-refractivity contribution is -0.149. The monoisotopic (exact) mass is 271 g/mol. The van der Waals surface area contributed by atoms with Gasteiger partial charge in [-0.3, -0.25) is 4.79 Å². The van der Waals surface area contributed by atoms with Crippen LogP contribution in [0.15, 0.2) is 36.4 Å². The van der Waals surface area contributed by atoms with Crippen LogP contribution in [0.2, 0.25) is 0 Å². The largest absolute Gasteiger partial charge is 0.466 e. The topological polar surface area (TPSA) is 57.0 Å². The van der Waals surface area contributed by atoms with Crippen molar-refractivity contribution in [2.24, 2.45) is 5.92 Å². The number of para-hydroxylation sites is 1. The van der Waals surface area contributed by atoms with Gasteiger partial charge in [0, 0.05) is 0 Å². The molecule has 2 aromatic rings. The van der Waals surface area contributed by atoms with Crippen molar-refractivity contribution in [2.45, 2.75) is 25.8 Å². The van der Waals surface area contributed by atoms with E-state index in [1.807, 2.05) is 41.9 Å². The van der Waals surface area contributed by atoms with E-state index in [4.69, 9.17) is 4.74 Å². The summed E-state index contributed by atoms with van der Waals surface area (Å²) >= 11 is 0. The number of ether oxygens (including phenoxy) is 1. The number of carbonyl (C=O) groups is 1. The van der Waals surface area contributed by atoms with Crippen LogP contribution in [0.4, 0.5) is 0 Å². The zero-order chi connectivity index (χ0) is 13.9. The Morgan fingerprint density at radius 1 is 1.45 bits per heavy atom. The molecule has 0 saturated carbocycles. The van der Waals surface area contributed by atoms with Crippen molar-refractivity contribution in [3.63, 3.8) is 0 Å². The highest BCUT2D eigenvalue weighted by Gasteiger charge is 2.32. The molecule has 2 atom stereocenters. The van der Waals surface area contributed by atoms with Crippen molar-refractivity contribution in [1.82, 2.24) is 15.0 Å². The average Bonchev–Trinajstić information content (AvgIpc) is 2.91. The lowest BCUT2D eigenvalue weighted by Crippen LogP contribution is -2.29. The maximum atomic E-state index is 12.1. The van der Waals surface area contributed by atoms with Crippen LogP contribution in [-0.2, 0) is 9.53 Å². The summed E-state index contributed by atoms with van der Waals surface area (Å²) in [4.78, 5) is 12.1. The first kappa shape index (κ1) is 12.8. The minimum absolute atomic E-state index is 0.116. The predicted octanol–water partition coefficient (Wildman–Crippen LogP) is 2.50. The second kappa shape index (κ2) is 5.45. The van der Waals surface area contributed by atoms with Crippen LogP contribution in [-0.4, -0.2) is 27.6 Å². The smallest absolute Gasteiger partial charge is 0.311 e. The molecule has 0 fully saturated rings.